The maximum absolute atomic E-state index is 12.3. The molecular weight excluding hydrogens is 409 g/mol. The van der Waals surface area contributed by atoms with E-state index in [1.807, 2.05) is 24.4 Å². The Kier molecular flexibility index (Phi) is 5.41. The number of aromatic amines is 1. The smallest absolute Gasteiger partial charge is 0.422 e. The fourth-order valence-corrected chi connectivity index (χ4v) is 3.12. The first-order valence-corrected chi connectivity index (χ1v) is 9.58. The first-order valence-electron chi connectivity index (χ1n) is 9.58. The lowest BCUT2D eigenvalue weighted by atomic mass is 10.1. The van der Waals surface area contributed by atoms with Crippen LogP contribution in [0.5, 0.6) is 5.75 Å². The second kappa shape index (κ2) is 8.17. The third-order valence-corrected chi connectivity index (χ3v) is 4.70. The SMILES string of the molecule is CCC(=O)Nc1c[nH]c2ccc(-c3cnn(-c4ccc(OCC(F)(F)F)cc4)c3)cc12. The molecule has 0 saturated carbocycles. The van der Waals surface area contributed by atoms with E-state index in [1.165, 1.54) is 12.1 Å². The molecule has 31 heavy (non-hydrogen) atoms. The van der Waals surface area contributed by atoms with E-state index in [4.69, 9.17) is 4.74 Å². The van der Waals surface area contributed by atoms with E-state index in [0.29, 0.717) is 17.8 Å². The third kappa shape index (κ3) is 4.71. The summed E-state index contributed by atoms with van der Waals surface area (Å²) in [5, 5.41) is 8.11. The molecule has 2 aromatic heterocycles. The molecule has 0 aliphatic carbocycles. The van der Waals surface area contributed by atoms with Gasteiger partial charge in [-0.2, -0.15) is 18.3 Å². The average molecular weight is 428 g/mol. The summed E-state index contributed by atoms with van der Waals surface area (Å²) < 4.78 is 43.2. The zero-order valence-corrected chi connectivity index (χ0v) is 16.5. The van der Waals surface area contributed by atoms with E-state index < -0.39 is 12.8 Å². The number of rotatable bonds is 6. The summed E-state index contributed by atoms with van der Waals surface area (Å²) in [5.41, 5.74) is 4.07. The zero-order chi connectivity index (χ0) is 22.0. The van der Waals surface area contributed by atoms with Crippen molar-refractivity contribution in [1.82, 2.24) is 14.8 Å². The minimum Gasteiger partial charge on any atom is -0.484 e. The number of fused-ring (bicyclic) bond motifs is 1. The molecule has 0 spiro atoms. The molecular formula is C22H19F3N4O2. The van der Waals surface area contributed by atoms with Crippen LogP contribution in [0.15, 0.2) is 61.1 Å². The van der Waals surface area contributed by atoms with Gasteiger partial charge in [0.15, 0.2) is 6.61 Å². The molecule has 0 fully saturated rings. The summed E-state index contributed by atoms with van der Waals surface area (Å²) >= 11 is 0. The minimum absolute atomic E-state index is 0.0678. The highest BCUT2D eigenvalue weighted by Crippen LogP contribution is 2.29. The number of aromatic nitrogens is 3. The van der Waals surface area contributed by atoms with Crippen molar-refractivity contribution in [2.24, 2.45) is 0 Å². The molecule has 0 aliphatic heterocycles. The first-order chi connectivity index (χ1) is 14.8. The second-order valence-corrected chi connectivity index (χ2v) is 6.94. The Hall–Kier alpha value is -3.75. The Morgan fingerprint density at radius 3 is 2.65 bits per heavy atom. The maximum atomic E-state index is 12.3. The topological polar surface area (TPSA) is 71.9 Å². The maximum Gasteiger partial charge on any atom is 0.422 e. The summed E-state index contributed by atoms with van der Waals surface area (Å²) in [7, 11) is 0. The van der Waals surface area contributed by atoms with Crippen LogP contribution in [0.2, 0.25) is 0 Å². The fraction of sp³-hybridized carbons (Fsp3) is 0.182. The van der Waals surface area contributed by atoms with Crippen molar-refractivity contribution in [2.45, 2.75) is 19.5 Å². The van der Waals surface area contributed by atoms with Crippen molar-refractivity contribution < 1.29 is 22.7 Å². The minimum atomic E-state index is -4.38. The molecule has 0 aliphatic rings. The van der Waals surface area contributed by atoms with Crippen LogP contribution in [-0.4, -0.2) is 33.5 Å². The van der Waals surface area contributed by atoms with Gasteiger partial charge >= 0.3 is 6.18 Å². The molecule has 1 amide bonds. The van der Waals surface area contributed by atoms with Crippen LogP contribution in [0, 0.1) is 0 Å². The summed E-state index contributed by atoms with van der Waals surface area (Å²) in [4.78, 5) is 14.9. The molecule has 0 saturated heterocycles. The second-order valence-electron chi connectivity index (χ2n) is 6.94. The number of benzene rings is 2. The van der Waals surface area contributed by atoms with E-state index >= 15 is 0 Å². The monoisotopic (exact) mass is 428 g/mol. The highest BCUT2D eigenvalue weighted by atomic mass is 19.4. The van der Waals surface area contributed by atoms with Gasteiger partial charge in [-0.05, 0) is 42.0 Å². The highest BCUT2D eigenvalue weighted by Gasteiger charge is 2.28. The third-order valence-electron chi connectivity index (χ3n) is 4.70. The van der Waals surface area contributed by atoms with Gasteiger partial charge in [0.25, 0.3) is 0 Å². The number of amides is 1. The Morgan fingerprint density at radius 1 is 1.16 bits per heavy atom. The van der Waals surface area contributed by atoms with Crippen LogP contribution >= 0.6 is 0 Å². The predicted molar refractivity (Wildman–Crippen MR) is 111 cm³/mol. The normalized spacial score (nSPS) is 11.6. The molecule has 6 nitrogen and oxygen atoms in total. The number of nitrogens with one attached hydrogen (secondary N) is 2. The van der Waals surface area contributed by atoms with Gasteiger partial charge in [0.1, 0.15) is 5.75 Å². The van der Waals surface area contributed by atoms with Gasteiger partial charge in [0, 0.05) is 35.3 Å². The molecule has 4 rings (SSSR count). The lowest BCUT2D eigenvalue weighted by Gasteiger charge is -2.09. The van der Waals surface area contributed by atoms with Crippen molar-refractivity contribution in [3.05, 3.63) is 61.1 Å². The number of hydrogen-bond acceptors (Lipinski definition) is 3. The van der Waals surface area contributed by atoms with Gasteiger partial charge in [-0.1, -0.05) is 13.0 Å². The van der Waals surface area contributed by atoms with E-state index in [0.717, 1.165) is 22.0 Å². The standard InChI is InChI=1S/C22H19F3N4O2/c1-2-21(30)28-20-11-26-19-8-3-14(9-18(19)20)15-10-27-29(12-15)16-4-6-17(7-5-16)31-13-22(23,24)25/h3-12,26H,2,13H2,1H3,(H,28,30). The number of carbonyl (C=O) groups excluding carboxylic acids is 1. The molecule has 0 bridgehead atoms. The van der Waals surface area contributed by atoms with Crippen LogP contribution in [0.1, 0.15) is 13.3 Å². The predicted octanol–water partition coefficient (Wildman–Crippen LogP) is 5.31. The molecule has 9 heteroatoms. The van der Waals surface area contributed by atoms with Gasteiger partial charge < -0.3 is 15.0 Å². The first kappa shape index (κ1) is 20.5. The van der Waals surface area contributed by atoms with E-state index in [2.05, 4.69) is 15.4 Å². The molecule has 2 aromatic carbocycles. The number of ether oxygens (including phenoxy) is 1. The van der Waals surface area contributed by atoms with E-state index in [-0.39, 0.29) is 11.7 Å². The van der Waals surface area contributed by atoms with Gasteiger partial charge in [-0.25, -0.2) is 4.68 Å². The summed E-state index contributed by atoms with van der Waals surface area (Å²) in [6.07, 6.45) is 1.29. The molecule has 0 atom stereocenters. The molecule has 0 radical (unpaired) electrons. The van der Waals surface area contributed by atoms with E-state index in [1.54, 1.807) is 36.1 Å². The number of carbonyl (C=O) groups is 1. The molecule has 2 heterocycles. The quantitative estimate of drug-likeness (QED) is 0.437. The molecule has 160 valence electrons. The van der Waals surface area contributed by atoms with E-state index in [9.17, 15) is 18.0 Å². The average Bonchev–Trinajstić information content (AvgIpc) is 3.39. The Labute approximate surface area is 175 Å². The Bertz CT molecular complexity index is 1210. The summed E-state index contributed by atoms with van der Waals surface area (Å²) in [6, 6.07) is 12.0. The Balaban J connectivity index is 1.55. The highest BCUT2D eigenvalue weighted by molar-refractivity contribution is 6.02. The summed E-state index contributed by atoms with van der Waals surface area (Å²) in [5.74, 6) is 0.0646. The van der Waals surface area contributed by atoms with Gasteiger partial charge in [-0.15, -0.1) is 0 Å². The Morgan fingerprint density at radius 2 is 1.94 bits per heavy atom. The van der Waals surface area contributed by atoms with Crippen LogP contribution in [0.4, 0.5) is 18.9 Å². The van der Waals surface area contributed by atoms with Crippen LogP contribution in [-0.2, 0) is 4.79 Å². The van der Waals surface area contributed by atoms with Crippen LogP contribution in [0.3, 0.4) is 0 Å². The largest absolute Gasteiger partial charge is 0.484 e. The van der Waals surface area contributed by atoms with Gasteiger partial charge in [0.05, 0.1) is 17.6 Å². The lowest BCUT2D eigenvalue weighted by molar-refractivity contribution is -0.153. The van der Waals surface area contributed by atoms with Crippen molar-refractivity contribution in [3.8, 4) is 22.6 Å². The number of halogens is 3. The number of anilines is 1. The number of H-pyrrole nitrogens is 1. The van der Waals surface area contributed by atoms with Crippen molar-refractivity contribution in [2.75, 3.05) is 11.9 Å². The number of alkyl halides is 3. The number of hydrogen-bond donors (Lipinski definition) is 2. The van der Waals surface area contributed by atoms with Crippen LogP contribution in [0.25, 0.3) is 27.7 Å². The van der Waals surface area contributed by atoms with Crippen molar-refractivity contribution in [3.63, 3.8) is 0 Å². The van der Waals surface area contributed by atoms with Gasteiger partial charge in [-0.3, -0.25) is 4.79 Å². The van der Waals surface area contributed by atoms with Crippen LogP contribution < -0.4 is 10.1 Å². The lowest BCUT2D eigenvalue weighted by Crippen LogP contribution is -2.19. The fourth-order valence-electron chi connectivity index (χ4n) is 3.12. The number of nitrogens with zero attached hydrogens (tertiary/aromatic N) is 2. The van der Waals surface area contributed by atoms with Crippen molar-refractivity contribution in [1.29, 1.82) is 0 Å². The van der Waals surface area contributed by atoms with Gasteiger partial charge in [0.2, 0.25) is 5.91 Å². The summed E-state index contributed by atoms with van der Waals surface area (Å²) in [6.45, 7) is 0.458. The molecule has 0 unspecified atom stereocenters. The van der Waals surface area contributed by atoms with Crippen molar-refractivity contribution >= 4 is 22.5 Å². The molecule has 4 aromatic rings. The zero-order valence-electron chi connectivity index (χ0n) is 16.5. The molecule has 2 N–H and O–H groups in total.